The molecule has 2 aromatic carbocycles. The van der Waals surface area contributed by atoms with Gasteiger partial charge in [0.15, 0.2) is 5.70 Å². The van der Waals surface area contributed by atoms with Gasteiger partial charge in [-0.3, -0.25) is 0 Å². The summed E-state index contributed by atoms with van der Waals surface area (Å²) in [6.07, 6.45) is 5.17. The molecular weight excluding hydrogens is 286 g/mol. The number of ether oxygens (including phenoxy) is 1. The number of unbranched alkanes of at least 4 members (excludes halogenated alkanes) is 1. The van der Waals surface area contributed by atoms with Crippen molar-refractivity contribution in [1.29, 1.82) is 0 Å². The molecule has 0 radical (unpaired) electrons. The molecule has 0 unspecified atom stereocenters. The van der Waals surface area contributed by atoms with E-state index in [1.807, 2.05) is 42.5 Å². The van der Waals surface area contributed by atoms with Crippen molar-refractivity contribution in [2.24, 2.45) is 4.99 Å². The molecule has 0 atom stereocenters. The Hall–Kier alpha value is -2.68. The van der Waals surface area contributed by atoms with Gasteiger partial charge in [0.25, 0.3) is 0 Å². The first-order valence-electron chi connectivity index (χ1n) is 7.93. The second kappa shape index (κ2) is 7.05. The topological polar surface area (TPSA) is 38.7 Å². The number of cyclic esters (lactones) is 1. The van der Waals surface area contributed by atoms with Crippen LogP contribution in [0.1, 0.15) is 36.5 Å². The summed E-state index contributed by atoms with van der Waals surface area (Å²) >= 11 is 0. The summed E-state index contributed by atoms with van der Waals surface area (Å²) in [5.74, 6) is -0.0295. The molecule has 0 saturated carbocycles. The van der Waals surface area contributed by atoms with Crippen LogP contribution in [-0.2, 0) is 16.0 Å². The number of aryl methyl sites for hydroxylation is 1. The van der Waals surface area contributed by atoms with Crippen molar-refractivity contribution in [3.05, 3.63) is 77.0 Å². The standard InChI is InChI=1S/C20H19NO2/c1-2-3-7-15-10-12-17(13-11-15)19-21-18(20(22)23-19)14-16-8-5-4-6-9-16/h4-6,8-14H,2-3,7H2,1H3/b18-14-. The maximum absolute atomic E-state index is 12.0. The zero-order chi connectivity index (χ0) is 16.1. The largest absolute Gasteiger partial charge is 0.402 e. The fourth-order valence-electron chi connectivity index (χ4n) is 2.43. The number of benzene rings is 2. The Morgan fingerprint density at radius 1 is 1.04 bits per heavy atom. The van der Waals surface area contributed by atoms with E-state index in [4.69, 9.17) is 4.74 Å². The normalized spacial score (nSPS) is 15.6. The van der Waals surface area contributed by atoms with Crippen LogP contribution in [0.2, 0.25) is 0 Å². The van der Waals surface area contributed by atoms with Gasteiger partial charge in [0.1, 0.15) is 0 Å². The van der Waals surface area contributed by atoms with E-state index in [-0.39, 0.29) is 0 Å². The number of carbonyl (C=O) groups is 1. The summed E-state index contributed by atoms with van der Waals surface area (Å²) in [6.45, 7) is 2.18. The summed E-state index contributed by atoms with van der Waals surface area (Å²) in [5, 5.41) is 0. The number of esters is 1. The van der Waals surface area contributed by atoms with Crippen molar-refractivity contribution in [3.63, 3.8) is 0 Å². The number of hydrogen-bond donors (Lipinski definition) is 0. The number of carbonyl (C=O) groups excluding carboxylic acids is 1. The Morgan fingerprint density at radius 2 is 1.78 bits per heavy atom. The molecule has 3 nitrogen and oxygen atoms in total. The Balaban J connectivity index is 1.80. The minimum atomic E-state index is -0.404. The van der Waals surface area contributed by atoms with E-state index < -0.39 is 5.97 Å². The van der Waals surface area contributed by atoms with Crippen molar-refractivity contribution in [2.45, 2.75) is 26.2 Å². The molecule has 1 heterocycles. The summed E-state index contributed by atoms with van der Waals surface area (Å²) in [5.41, 5.74) is 3.39. The van der Waals surface area contributed by atoms with Crippen LogP contribution in [0, 0.1) is 0 Å². The first-order valence-corrected chi connectivity index (χ1v) is 7.93. The van der Waals surface area contributed by atoms with Gasteiger partial charge < -0.3 is 4.74 Å². The number of hydrogen-bond acceptors (Lipinski definition) is 3. The van der Waals surface area contributed by atoms with E-state index in [1.54, 1.807) is 6.08 Å². The van der Waals surface area contributed by atoms with Crippen LogP contribution in [0.3, 0.4) is 0 Å². The second-order valence-corrected chi connectivity index (χ2v) is 5.55. The van der Waals surface area contributed by atoms with Gasteiger partial charge in [0.2, 0.25) is 5.90 Å². The molecule has 0 aliphatic carbocycles. The van der Waals surface area contributed by atoms with Crippen molar-refractivity contribution in [3.8, 4) is 0 Å². The van der Waals surface area contributed by atoms with Gasteiger partial charge in [-0.05, 0) is 42.2 Å². The molecule has 1 aliphatic heterocycles. The van der Waals surface area contributed by atoms with Crippen molar-refractivity contribution in [1.82, 2.24) is 0 Å². The van der Waals surface area contributed by atoms with Crippen molar-refractivity contribution < 1.29 is 9.53 Å². The van der Waals surface area contributed by atoms with Crippen molar-refractivity contribution in [2.75, 3.05) is 0 Å². The average Bonchev–Trinajstić information content (AvgIpc) is 2.95. The molecule has 116 valence electrons. The van der Waals surface area contributed by atoms with Crippen LogP contribution in [0.4, 0.5) is 0 Å². The zero-order valence-electron chi connectivity index (χ0n) is 13.2. The Kier molecular flexibility index (Phi) is 4.67. The lowest BCUT2D eigenvalue weighted by Crippen LogP contribution is -2.05. The van der Waals surface area contributed by atoms with E-state index in [9.17, 15) is 4.79 Å². The Bertz CT molecular complexity index is 743. The third kappa shape index (κ3) is 3.75. The fourth-order valence-corrected chi connectivity index (χ4v) is 2.43. The van der Waals surface area contributed by atoms with Crippen LogP contribution in [-0.4, -0.2) is 11.9 Å². The molecule has 0 spiro atoms. The quantitative estimate of drug-likeness (QED) is 0.607. The van der Waals surface area contributed by atoms with Gasteiger partial charge in [-0.25, -0.2) is 9.79 Å². The van der Waals surface area contributed by atoms with Crippen LogP contribution >= 0.6 is 0 Å². The smallest absolute Gasteiger partial charge is 0.363 e. The molecule has 1 aliphatic rings. The van der Waals surface area contributed by atoms with Gasteiger partial charge >= 0.3 is 5.97 Å². The first kappa shape index (κ1) is 15.2. The molecule has 0 fully saturated rings. The van der Waals surface area contributed by atoms with E-state index in [1.165, 1.54) is 18.4 Å². The Labute approximate surface area is 136 Å². The van der Waals surface area contributed by atoms with Gasteiger partial charge in [-0.1, -0.05) is 55.8 Å². The zero-order valence-corrected chi connectivity index (χ0v) is 13.2. The molecule has 0 N–H and O–H groups in total. The van der Waals surface area contributed by atoms with Crippen LogP contribution in [0.15, 0.2) is 65.3 Å². The van der Waals surface area contributed by atoms with Gasteiger partial charge in [-0.15, -0.1) is 0 Å². The maximum atomic E-state index is 12.0. The number of aliphatic imine (C=N–C) groups is 1. The number of nitrogens with zero attached hydrogens (tertiary/aromatic N) is 1. The summed E-state index contributed by atoms with van der Waals surface area (Å²) < 4.78 is 5.30. The Morgan fingerprint density at radius 3 is 2.48 bits per heavy atom. The minimum absolute atomic E-state index is 0.334. The molecule has 0 saturated heterocycles. The lowest BCUT2D eigenvalue weighted by Gasteiger charge is -2.02. The fraction of sp³-hybridized carbons (Fsp3) is 0.200. The SMILES string of the molecule is CCCCc1ccc(C2=N/C(=C\c3ccccc3)C(=O)O2)cc1. The molecule has 2 aromatic rings. The lowest BCUT2D eigenvalue weighted by molar-refractivity contribution is -0.129. The monoisotopic (exact) mass is 305 g/mol. The highest BCUT2D eigenvalue weighted by molar-refractivity contribution is 6.12. The highest BCUT2D eigenvalue weighted by atomic mass is 16.6. The minimum Gasteiger partial charge on any atom is -0.402 e. The molecule has 23 heavy (non-hydrogen) atoms. The third-order valence-electron chi connectivity index (χ3n) is 3.74. The highest BCUT2D eigenvalue weighted by Gasteiger charge is 2.23. The van der Waals surface area contributed by atoms with Crippen LogP contribution in [0.25, 0.3) is 6.08 Å². The van der Waals surface area contributed by atoms with Gasteiger partial charge in [0, 0.05) is 5.56 Å². The maximum Gasteiger partial charge on any atom is 0.363 e. The molecular formula is C20H19NO2. The van der Waals surface area contributed by atoms with Gasteiger partial charge in [0.05, 0.1) is 0 Å². The van der Waals surface area contributed by atoms with Crippen LogP contribution < -0.4 is 0 Å². The van der Waals surface area contributed by atoms with Crippen LogP contribution in [0.5, 0.6) is 0 Å². The van der Waals surface area contributed by atoms with Crippen molar-refractivity contribution >= 4 is 17.9 Å². The molecule has 3 rings (SSSR count). The third-order valence-corrected chi connectivity index (χ3v) is 3.74. The molecule has 0 amide bonds. The summed E-state index contributed by atoms with van der Waals surface area (Å²) in [6, 6.07) is 17.7. The molecule has 0 aromatic heterocycles. The van der Waals surface area contributed by atoms with E-state index >= 15 is 0 Å². The highest BCUT2D eigenvalue weighted by Crippen LogP contribution is 2.19. The summed E-state index contributed by atoms with van der Waals surface area (Å²) in [4.78, 5) is 16.3. The van der Waals surface area contributed by atoms with E-state index in [0.717, 1.165) is 17.5 Å². The van der Waals surface area contributed by atoms with E-state index in [2.05, 4.69) is 24.0 Å². The predicted octanol–water partition coefficient (Wildman–Crippen LogP) is 4.37. The second-order valence-electron chi connectivity index (χ2n) is 5.55. The first-order chi connectivity index (χ1) is 11.3. The lowest BCUT2D eigenvalue weighted by atomic mass is 10.1. The molecule has 0 bridgehead atoms. The van der Waals surface area contributed by atoms with Gasteiger partial charge in [-0.2, -0.15) is 0 Å². The predicted molar refractivity (Wildman–Crippen MR) is 92.1 cm³/mol. The molecule has 3 heteroatoms. The average molecular weight is 305 g/mol. The number of rotatable bonds is 5. The summed E-state index contributed by atoms with van der Waals surface area (Å²) in [7, 11) is 0. The van der Waals surface area contributed by atoms with E-state index in [0.29, 0.717) is 11.6 Å².